The number of aliphatic hydroxyl groups is 31. The standard InChI is InChI=1S/C16H26N2O7.C16H29NO8.C15H25NO7.C14H22N4O6.C14H24N2O6.C14H25NO8/c1-6-8(4-19)3-9(14(22)13(6)21)18-11-10-5-24-16(25-10)12(15(11)23)17-7(2)20;1-4-7-5-8(12(20)13(21)11(7)19)17-10-9(6-18)25-16(24-3)14(22)15(10)23-2;1-2-6-3-8(12(20)14(22)10(6)18)16-9-4-7(5-17)11(19)15(23)13(9)21;1-5-6(3-19)2-7(12(21)11(5)20)16-9-8-4-23-14(24-8)10(13(9)22)17-18-15;1-5-6(3-17)2-7(12(19)11(5)18)16-10-8-4-21-14(22-8)9(15)13(10)20;1-5-9(17)13(21)12(20)8(23-5)3-15-7-2-6(4-16)10(18)14(22)11(7)19/h3,6,9-16,18-19,21-23H,4-5H2,1-2H3,(H,17,20);5,8-22H,4,6H2,1-3H3;3-4,8-23H,2,5H2,1H3;2,5,7-14,16,19-22H,3-4H2,1H3;2,5,7-14,16-20H,3-4,15H2,1H3;2,5,7-22H,3-4H2,1H3. The third-order valence-corrected chi connectivity index (χ3v) is 29.5. The Labute approximate surface area is 817 Å². The van der Waals surface area contributed by atoms with E-state index in [0.29, 0.717) is 47.3 Å². The molecule has 0 saturated carbocycles. The van der Waals surface area contributed by atoms with Crippen LogP contribution in [0.15, 0.2) is 86.7 Å². The third-order valence-electron chi connectivity index (χ3n) is 29.5. The van der Waals surface area contributed by atoms with E-state index in [1.54, 1.807) is 65.0 Å². The highest BCUT2D eigenvalue weighted by atomic mass is 16.7. The molecule has 0 radical (unpaired) electrons. The molecule has 8 heterocycles. The average Bonchev–Trinajstić information content (AvgIpc) is 1.63. The van der Waals surface area contributed by atoms with Gasteiger partial charge in [0.15, 0.2) is 25.2 Å². The molecule has 814 valence electrons. The zero-order chi connectivity index (χ0) is 105. The minimum absolute atomic E-state index is 0.0229. The average molecular weight is 2050 g/mol. The van der Waals surface area contributed by atoms with Crippen LogP contribution in [0.3, 0.4) is 0 Å². The maximum atomic E-state index is 11.4. The molecule has 53 unspecified atom stereocenters. The predicted molar refractivity (Wildman–Crippen MR) is 486 cm³/mol. The van der Waals surface area contributed by atoms with Gasteiger partial charge in [-0.1, -0.05) is 82.3 Å². The first-order valence-corrected chi connectivity index (χ1v) is 47.6. The molecule has 0 aromatic carbocycles. The quantitative estimate of drug-likeness (QED) is 0.0175. The summed E-state index contributed by atoms with van der Waals surface area (Å²) in [5.41, 5.74) is 17.9. The largest absolute Gasteiger partial charge is 0.394 e. The van der Waals surface area contributed by atoms with Gasteiger partial charge in [-0.2, -0.15) is 0 Å². The van der Waals surface area contributed by atoms with Crippen LogP contribution in [0, 0.1) is 17.8 Å². The van der Waals surface area contributed by atoms with Gasteiger partial charge in [0.25, 0.3) is 0 Å². The number of aliphatic hydroxyl groups excluding tert-OH is 31. The molecule has 15 rings (SSSR count). The van der Waals surface area contributed by atoms with Crippen molar-refractivity contribution >= 4 is 5.91 Å². The van der Waals surface area contributed by atoms with Crippen molar-refractivity contribution in [1.29, 1.82) is 0 Å². The van der Waals surface area contributed by atoms with Gasteiger partial charge < -0.3 is 243 Å². The summed E-state index contributed by atoms with van der Waals surface area (Å²) in [5, 5.41) is 332. The molecular weight excluding hydrogens is 1900 g/mol. The van der Waals surface area contributed by atoms with Gasteiger partial charge in [0.05, 0.1) is 199 Å². The number of fused-ring (bicyclic) bond motifs is 6. The van der Waals surface area contributed by atoms with Gasteiger partial charge in [-0.05, 0) is 64.3 Å². The van der Waals surface area contributed by atoms with Crippen LogP contribution in [-0.4, -0.2) is 550 Å². The van der Waals surface area contributed by atoms with E-state index >= 15 is 0 Å². The number of nitrogens with two attached hydrogens (primary N) is 1. The fraction of sp³-hybridized carbons (Fsp3) is 0.831. The van der Waals surface area contributed by atoms with E-state index < -0.39 is 312 Å². The number of hydrogen-bond donors (Lipinski definition) is 39. The van der Waals surface area contributed by atoms with E-state index in [1.807, 2.05) is 6.92 Å². The van der Waals surface area contributed by atoms with Crippen LogP contribution < -0.4 is 43.0 Å². The van der Waals surface area contributed by atoms with Crippen LogP contribution in [0.5, 0.6) is 0 Å². The number of nitrogens with zero attached hydrogens (tertiary/aromatic N) is 3. The third kappa shape index (κ3) is 26.6. The molecule has 53 nitrogen and oxygen atoms in total. The molecule has 142 heavy (non-hydrogen) atoms. The number of hydrogen-bond acceptors (Lipinski definition) is 50. The Bertz CT molecular complexity index is 4210. The summed E-state index contributed by atoms with van der Waals surface area (Å²) in [6.45, 7) is 10.6. The first kappa shape index (κ1) is 119. The summed E-state index contributed by atoms with van der Waals surface area (Å²) in [6.07, 6.45) is -25.4. The zero-order valence-electron chi connectivity index (χ0n) is 79.9. The summed E-state index contributed by atoms with van der Waals surface area (Å²) < 4.78 is 54.5. The zero-order valence-corrected chi connectivity index (χ0v) is 79.9. The molecule has 7 aliphatic carbocycles. The predicted octanol–water partition coefficient (Wildman–Crippen LogP) is -17.3. The topological polar surface area (TPSA) is 895 Å². The van der Waals surface area contributed by atoms with Crippen LogP contribution >= 0.6 is 0 Å². The van der Waals surface area contributed by atoms with E-state index in [1.165, 1.54) is 33.3 Å². The van der Waals surface area contributed by atoms with Crippen LogP contribution in [0.25, 0.3) is 10.4 Å². The second-order valence-electron chi connectivity index (χ2n) is 38.3. The number of ether oxygens (including phenoxy) is 10. The maximum absolute atomic E-state index is 11.4. The Hall–Kier alpha value is -4.96. The molecule has 0 aromatic rings. The van der Waals surface area contributed by atoms with E-state index in [-0.39, 0.29) is 87.1 Å². The number of nitrogens with one attached hydrogen (secondary N) is 7. The van der Waals surface area contributed by atoms with Crippen LogP contribution in [0.2, 0.25) is 0 Å². The Kier molecular flexibility index (Phi) is 44.5. The van der Waals surface area contributed by atoms with Crippen molar-refractivity contribution in [2.24, 2.45) is 28.6 Å². The normalized spacial score (nSPS) is 47.3. The molecule has 8 fully saturated rings. The maximum Gasteiger partial charge on any atom is 0.217 e. The summed E-state index contributed by atoms with van der Waals surface area (Å²) in [4.78, 5) is 14.1. The van der Waals surface area contributed by atoms with Gasteiger partial charge in [-0.25, -0.2) is 0 Å². The van der Waals surface area contributed by atoms with Gasteiger partial charge >= 0.3 is 0 Å². The molecule has 0 spiro atoms. The first-order chi connectivity index (χ1) is 67.2. The van der Waals surface area contributed by atoms with E-state index in [4.69, 9.17) is 63.7 Å². The highest BCUT2D eigenvalue weighted by Crippen LogP contribution is 2.39. The fourth-order valence-electron chi connectivity index (χ4n) is 20.3. The summed E-state index contributed by atoms with van der Waals surface area (Å²) in [7, 11) is 2.79. The molecule has 8 saturated heterocycles. The lowest BCUT2D eigenvalue weighted by Gasteiger charge is -2.46. The molecule has 53 heteroatoms. The Morgan fingerprint density at radius 2 is 0.732 bits per heavy atom. The van der Waals surface area contributed by atoms with Gasteiger partial charge in [0, 0.05) is 50.4 Å². The number of methoxy groups -OCH3 is 2. The Morgan fingerprint density at radius 3 is 1.13 bits per heavy atom. The van der Waals surface area contributed by atoms with Crippen molar-refractivity contribution in [3.8, 4) is 0 Å². The minimum Gasteiger partial charge on any atom is -0.394 e. The van der Waals surface area contributed by atoms with Crippen LogP contribution in [0.4, 0.5) is 0 Å². The van der Waals surface area contributed by atoms with Crippen LogP contribution in [0.1, 0.15) is 61.3 Å². The highest BCUT2D eigenvalue weighted by Gasteiger charge is 2.57. The molecule has 15 aliphatic rings. The van der Waals surface area contributed by atoms with Crippen molar-refractivity contribution in [2.45, 2.75) is 366 Å². The number of carbonyl (C=O) groups excluding carboxylic acids is 1. The summed E-state index contributed by atoms with van der Waals surface area (Å²) >= 11 is 0. The molecular formula is C89H151N11O42. The number of amides is 1. The van der Waals surface area contributed by atoms with E-state index in [2.05, 4.69) is 47.2 Å². The lowest BCUT2D eigenvalue weighted by molar-refractivity contribution is -0.277. The van der Waals surface area contributed by atoms with E-state index in [0.717, 1.165) is 0 Å². The van der Waals surface area contributed by atoms with Crippen molar-refractivity contribution < 1.29 is 210 Å². The second-order valence-corrected chi connectivity index (χ2v) is 38.3. The molecule has 1 amide bonds. The van der Waals surface area contributed by atoms with Gasteiger partial charge in [0.1, 0.15) is 140 Å². The number of rotatable bonds is 25. The lowest BCUT2D eigenvalue weighted by Crippen LogP contribution is -2.68. The molecule has 6 bridgehead atoms. The first-order valence-electron chi connectivity index (χ1n) is 47.6. The van der Waals surface area contributed by atoms with Crippen molar-refractivity contribution in [3.05, 3.63) is 92.0 Å². The summed E-state index contributed by atoms with van der Waals surface area (Å²) in [5.74, 6) is -1.38. The molecule has 40 N–H and O–H groups in total. The fourth-order valence-corrected chi connectivity index (χ4v) is 20.3. The van der Waals surface area contributed by atoms with Gasteiger partial charge in [-0.15, -0.1) is 0 Å². The van der Waals surface area contributed by atoms with Crippen molar-refractivity contribution in [2.75, 3.05) is 80.2 Å². The van der Waals surface area contributed by atoms with Gasteiger partial charge in [0.2, 0.25) is 5.91 Å². The minimum atomic E-state index is -1.48. The smallest absolute Gasteiger partial charge is 0.217 e. The highest BCUT2D eigenvalue weighted by molar-refractivity contribution is 5.73. The van der Waals surface area contributed by atoms with Crippen LogP contribution in [-0.2, 0) is 52.2 Å². The Morgan fingerprint density at radius 1 is 0.380 bits per heavy atom. The molecule has 8 aliphatic heterocycles. The monoisotopic (exact) mass is 2050 g/mol. The van der Waals surface area contributed by atoms with E-state index in [9.17, 15) is 158 Å². The second kappa shape index (κ2) is 53.2. The lowest BCUT2D eigenvalue weighted by atomic mass is 9.81. The summed E-state index contributed by atoms with van der Waals surface area (Å²) in [6, 6.07) is -9.85. The number of carbonyl (C=O) groups is 1. The number of azide groups is 1. The molecule has 0 aromatic heterocycles. The SMILES string of the molecule is CC(=O)NC1C2OCC(O2)C(NC2C=C(CO)C(C)C(O)C2O)C1O.CC1C(CO)=CC(NC2C3COC(O3)C(N)C2O)C(O)C1O.CC1C(CO)=CC(NC2C3COC(O3)C(N=[N+]=[N-])C2O)C(O)C1O.CC1OC(CNC2C=C(CO)C(O)C(O)C2O)C(O)C(O)C1O.CCC1=CC(NC2C(CO)OC(OC)C(O)C2OC)C(O)C(O)C1O.CCC1=CC(NC2C=C(CO)C(O)C(O)C2O)C(O)C(O)C1O. The van der Waals surface area contributed by atoms with Crippen molar-refractivity contribution in [3.63, 3.8) is 0 Å². The van der Waals surface area contributed by atoms with Crippen molar-refractivity contribution in [1.82, 2.24) is 37.2 Å². The Balaban J connectivity index is 0.000000175. The molecule has 53 atom stereocenters. The van der Waals surface area contributed by atoms with Gasteiger partial charge in [-0.3, -0.25) is 10.1 Å².